The molecule has 6 rings (SSSR count). The second-order valence-corrected chi connectivity index (χ2v) is 13.2. The summed E-state index contributed by atoms with van der Waals surface area (Å²) < 4.78 is 24.0. The van der Waals surface area contributed by atoms with Gasteiger partial charge in [-0.15, -0.1) is 0 Å². The van der Waals surface area contributed by atoms with Crippen molar-refractivity contribution < 1.29 is 8.42 Å². The van der Waals surface area contributed by atoms with Crippen LogP contribution in [0.2, 0.25) is 0 Å². The van der Waals surface area contributed by atoms with E-state index in [4.69, 9.17) is 9.97 Å². The fourth-order valence-corrected chi connectivity index (χ4v) is 6.94. The number of nitrogens with zero attached hydrogens (tertiary/aromatic N) is 3. The number of aromatic nitrogens is 2. The molecule has 3 aliphatic carbocycles. The van der Waals surface area contributed by atoms with Crippen LogP contribution in [-0.4, -0.2) is 50.3 Å². The predicted molar refractivity (Wildman–Crippen MR) is 138 cm³/mol. The number of benzene rings is 1. The molecule has 2 heterocycles. The summed E-state index contributed by atoms with van der Waals surface area (Å²) >= 11 is 0. The number of fused-ring (bicyclic) bond motifs is 2. The molecule has 4 aliphatic rings. The summed E-state index contributed by atoms with van der Waals surface area (Å²) in [5.41, 5.74) is 3.78. The Morgan fingerprint density at radius 1 is 1.18 bits per heavy atom. The van der Waals surface area contributed by atoms with Crippen LogP contribution in [-0.2, 0) is 9.84 Å². The second kappa shape index (κ2) is 8.90. The smallest absolute Gasteiger partial charge is 0.226 e. The summed E-state index contributed by atoms with van der Waals surface area (Å²) in [6.45, 7) is 9.77. The Balaban J connectivity index is 1.21. The SMILES string of the molecule is Cc1nc(N2CCCC(NCCC3=CC[C@H]4C[C@@H]3C4(C)C)CC2)nc2cc(S(C)(=O)=O)ccc12. The van der Waals surface area contributed by atoms with Crippen LogP contribution in [0.25, 0.3) is 10.9 Å². The van der Waals surface area contributed by atoms with Crippen molar-refractivity contribution in [2.24, 2.45) is 17.3 Å². The third-order valence-corrected chi connectivity index (χ3v) is 9.83. The van der Waals surface area contributed by atoms with E-state index >= 15 is 0 Å². The normalized spacial score (nSPS) is 26.6. The van der Waals surface area contributed by atoms with Gasteiger partial charge in [0.15, 0.2) is 9.84 Å². The Labute approximate surface area is 204 Å². The van der Waals surface area contributed by atoms with Crippen LogP contribution in [0.5, 0.6) is 0 Å². The summed E-state index contributed by atoms with van der Waals surface area (Å²) in [7, 11) is -3.27. The van der Waals surface area contributed by atoms with E-state index in [1.54, 1.807) is 17.7 Å². The van der Waals surface area contributed by atoms with Crippen molar-refractivity contribution >= 4 is 26.7 Å². The van der Waals surface area contributed by atoms with Gasteiger partial charge in [0, 0.05) is 30.8 Å². The first-order valence-electron chi connectivity index (χ1n) is 12.8. The summed E-state index contributed by atoms with van der Waals surface area (Å²) in [6, 6.07) is 5.66. The molecule has 184 valence electrons. The molecule has 1 saturated carbocycles. The lowest BCUT2D eigenvalue weighted by atomic mass is 9.48. The van der Waals surface area contributed by atoms with Crippen LogP contribution in [0.15, 0.2) is 34.7 Å². The van der Waals surface area contributed by atoms with E-state index in [-0.39, 0.29) is 0 Å². The zero-order valence-electron chi connectivity index (χ0n) is 21.0. The number of nitrogens with one attached hydrogen (secondary N) is 1. The molecule has 1 saturated heterocycles. The maximum absolute atomic E-state index is 12.0. The molecule has 3 atom stereocenters. The zero-order chi connectivity index (χ0) is 24.1. The van der Waals surface area contributed by atoms with Gasteiger partial charge in [0.1, 0.15) is 0 Å². The second-order valence-electron chi connectivity index (χ2n) is 11.2. The van der Waals surface area contributed by atoms with Gasteiger partial charge in [0.25, 0.3) is 0 Å². The Bertz CT molecular complexity index is 1220. The van der Waals surface area contributed by atoms with E-state index in [0.717, 1.165) is 61.8 Å². The quantitative estimate of drug-likeness (QED) is 0.603. The van der Waals surface area contributed by atoms with Crippen LogP contribution < -0.4 is 10.2 Å². The highest BCUT2D eigenvalue weighted by Crippen LogP contribution is 2.59. The van der Waals surface area contributed by atoms with Crippen LogP contribution in [0.4, 0.5) is 5.95 Å². The van der Waals surface area contributed by atoms with Gasteiger partial charge in [0.05, 0.1) is 16.1 Å². The van der Waals surface area contributed by atoms with Gasteiger partial charge < -0.3 is 10.2 Å². The standard InChI is InChI=1S/C27H38N4O2S/c1-18-23-10-9-22(34(4,32)33)17-25(23)30-26(29-18)31-14-5-6-21(12-15-31)28-13-11-19-7-8-20-16-24(19)27(20,2)3/h7,9-10,17,20-21,24,28H,5-6,8,11-16H2,1-4H3/t20-,21?,24-/m0/s1. The molecular weight excluding hydrogens is 444 g/mol. The molecule has 1 unspecified atom stereocenters. The minimum absolute atomic E-state index is 0.304. The highest BCUT2D eigenvalue weighted by molar-refractivity contribution is 7.90. The number of rotatable bonds is 6. The first-order valence-corrected chi connectivity index (χ1v) is 14.7. The topological polar surface area (TPSA) is 75.2 Å². The van der Waals surface area contributed by atoms with Crippen molar-refractivity contribution in [3.63, 3.8) is 0 Å². The van der Waals surface area contributed by atoms with Crippen molar-refractivity contribution in [3.8, 4) is 0 Å². The van der Waals surface area contributed by atoms with Crippen LogP contribution >= 0.6 is 0 Å². The van der Waals surface area contributed by atoms with Crippen molar-refractivity contribution in [2.45, 2.75) is 70.2 Å². The van der Waals surface area contributed by atoms with E-state index < -0.39 is 9.84 Å². The fraction of sp³-hybridized carbons (Fsp3) is 0.630. The van der Waals surface area contributed by atoms with E-state index in [1.807, 2.05) is 13.0 Å². The third-order valence-electron chi connectivity index (χ3n) is 8.72. The molecule has 0 spiro atoms. The van der Waals surface area contributed by atoms with Crippen molar-refractivity contribution in [2.75, 3.05) is 30.8 Å². The molecule has 1 aromatic carbocycles. The maximum Gasteiger partial charge on any atom is 0.226 e. The van der Waals surface area contributed by atoms with Gasteiger partial charge in [-0.25, -0.2) is 18.4 Å². The largest absolute Gasteiger partial charge is 0.341 e. The van der Waals surface area contributed by atoms with Crippen molar-refractivity contribution in [1.29, 1.82) is 0 Å². The number of hydrogen-bond acceptors (Lipinski definition) is 6. The zero-order valence-corrected chi connectivity index (χ0v) is 21.8. The Hall–Kier alpha value is -1.99. The Kier molecular flexibility index (Phi) is 6.22. The number of sulfone groups is 1. The average Bonchev–Trinajstić information content (AvgIpc) is 3.04. The van der Waals surface area contributed by atoms with Gasteiger partial charge in [-0.05, 0) is 87.4 Å². The first-order chi connectivity index (χ1) is 16.1. The number of hydrogen-bond donors (Lipinski definition) is 1. The molecule has 1 aliphatic heterocycles. The van der Waals surface area contributed by atoms with Crippen LogP contribution in [0, 0.1) is 24.2 Å². The van der Waals surface area contributed by atoms with Gasteiger partial charge in [-0.1, -0.05) is 25.5 Å². The monoisotopic (exact) mass is 482 g/mol. The number of aryl methyl sites for hydroxylation is 1. The maximum atomic E-state index is 12.0. The summed E-state index contributed by atoms with van der Waals surface area (Å²) in [5, 5.41) is 4.74. The van der Waals surface area contributed by atoms with Crippen LogP contribution in [0.3, 0.4) is 0 Å². The van der Waals surface area contributed by atoms with E-state index in [9.17, 15) is 8.42 Å². The number of anilines is 1. The van der Waals surface area contributed by atoms with Crippen LogP contribution in [0.1, 0.15) is 58.1 Å². The lowest BCUT2D eigenvalue weighted by molar-refractivity contribution is -0.00820. The Morgan fingerprint density at radius 2 is 2.00 bits per heavy atom. The highest BCUT2D eigenvalue weighted by atomic mass is 32.2. The van der Waals surface area contributed by atoms with E-state index in [0.29, 0.717) is 27.8 Å². The minimum atomic E-state index is -3.27. The fourth-order valence-electron chi connectivity index (χ4n) is 6.30. The average molecular weight is 483 g/mol. The third kappa shape index (κ3) is 4.49. The van der Waals surface area contributed by atoms with Crippen molar-refractivity contribution in [3.05, 3.63) is 35.5 Å². The highest BCUT2D eigenvalue weighted by Gasteiger charge is 2.50. The van der Waals surface area contributed by atoms with E-state index in [2.05, 4.69) is 30.1 Å². The summed E-state index contributed by atoms with van der Waals surface area (Å²) in [4.78, 5) is 12.1. The molecule has 34 heavy (non-hydrogen) atoms. The van der Waals surface area contributed by atoms with Gasteiger partial charge in [-0.2, -0.15) is 0 Å². The van der Waals surface area contributed by atoms with Gasteiger partial charge >= 0.3 is 0 Å². The molecule has 0 radical (unpaired) electrons. The molecule has 6 nitrogen and oxygen atoms in total. The molecule has 1 N–H and O–H groups in total. The molecular formula is C27H38N4O2S. The first kappa shape index (κ1) is 23.7. The lowest BCUT2D eigenvalue weighted by Gasteiger charge is -2.56. The summed E-state index contributed by atoms with van der Waals surface area (Å²) in [6.07, 6.45) is 10.9. The molecule has 0 amide bonds. The van der Waals surface area contributed by atoms with E-state index in [1.165, 1.54) is 25.5 Å². The van der Waals surface area contributed by atoms with Gasteiger partial charge in [0.2, 0.25) is 5.95 Å². The molecule has 2 fully saturated rings. The molecule has 1 aromatic heterocycles. The Morgan fingerprint density at radius 3 is 2.74 bits per heavy atom. The number of allylic oxidation sites excluding steroid dienone is 1. The summed E-state index contributed by atoms with van der Waals surface area (Å²) in [5.74, 6) is 2.42. The molecule has 7 heteroatoms. The van der Waals surface area contributed by atoms with Gasteiger partial charge in [-0.3, -0.25) is 0 Å². The lowest BCUT2D eigenvalue weighted by Crippen LogP contribution is -2.48. The molecule has 2 bridgehead atoms. The predicted octanol–water partition coefficient (Wildman–Crippen LogP) is 4.67. The minimum Gasteiger partial charge on any atom is -0.341 e. The van der Waals surface area contributed by atoms with Crippen molar-refractivity contribution in [1.82, 2.24) is 15.3 Å². The molecule has 2 aromatic rings.